The molecule has 2 amide bonds. The fourth-order valence-corrected chi connectivity index (χ4v) is 3.07. The van der Waals surface area contributed by atoms with Gasteiger partial charge < -0.3 is 0 Å². The van der Waals surface area contributed by atoms with E-state index in [9.17, 15) is 9.59 Å². The van der Waals surface area contributed by atoms with Crippen LogP contribution < -0.4 is 0 Å². The SMILES string of the molecule is O=C1[C@@H]2CC=C(Cl)C[C@H]2C(=O)N1Cc1ccccc1. The Morgan fingerprint density at radius 3 is 2.53 bits per heavy atom. The predicted molar refractivity (Wildman–Crippen MR) is 72.1 cm³/mol. The van der Waals surface area contributed by atoms with Gasteiger partial charge in [0.05, 0.1) is 18.4 Å². The molecular weight excluding hydrogens is 262 g/mol. The number of rotatable bonds is 2. The summed E-state index contributed by atoms with van der Waals surface area (Å²) >= 11 is 5.98. The van der Waals surface area contributed by atoms with Gasteiger partial charge in [0.2, 0.25) is 11.8 Å². The van der Waals surface area contributed by atoms with Gasteiger partial charge in [0.25, 0.3) is 0 Å². The summed E-state index contributed by atoms with van der Waals surface area (Å²) in [6.45, 7) is 0.364. The zero-order valence-corrected chi connectivity index (χ0v) is 11.1. The molecule has 1 aromatic carbocycles. The number of carbonyl (C=O) groups is 2. The quantitative estimate of drug-likeness (QED) is 0.778. The van der Waals surface area contributed by atoms with Crippen LogP contribution in [0.15, 0.2) is 41.4 Å². The lowest BCUT2D eigenvalue weighted by atomic mass is 9.85. The maximum Gasteiger partial charge on any atom is 0.233 e. The highest BCUT2D eigenvalue weighted by Gasteiger charge is 2.48. The number of likely N-dealkylation sites (tertiary alicyclic amines) is 1. The lowest BCUT2D eigenvalue weighted by Crippen LogP contribution is -2.30. The Labute approximate surface area is 116 Å². The van der Waals surface area contributed by atoms with Crippen molar-refractivity contribution in [2.45, 2.75) is 19.4 Å². The number of halogens is 1. The summed E-state index contributed by atoms with van der Waals surface area (Å²) in [5.41, 5.74) is 0.974. The summed E-state index contributed by atoms with van der Waals surface area (Å²) in [5, 5.41) is 0.698. The van der Waals surface area contributed by atoms with Crippen LogP contribution in [0.4, 0.5) is 0 Å². The third kappa shape index (κ3) is 2.19. The minimum absolute atomic E-state index is 0.0562. The van der Waals surface area contributed by atoms with Crippen molar-refractivity contribution in [2.75, 3.05) is 0 Å². The van der Waals surface area contributed by atoms with E-state index in [0.717, 1.165) is 5.56 Å². The van der Waals surface area contributed by atoms with Crippen molar-refractivity contribution in [3.05, 3.63) is 47.0 Å². The molecule has 2 aliphatic rings. The van der Waals surface area contributed by atoms with Gasteiger partial charge in [0.1, 0.15) is 0 Å². The van der Waals surface area contributed by atoms with Crippen LogP contribution in [-0.4, -0.2) is 16.7 Å². The predicted octanol–water partition coefficient (Wildman–Crippen LogP) is 2.70. The van der Waals surface area contributed by atoms with E-state index < -0.39 is 0 Å². The normalized spacial score (nSPS) is 26.4. The smallest absolute Gasteiger partial charge is 0.233 e. The summed E-state index contributed by atoms with van der Waals surface area (Å²) in [6.07, 6.45) is 2.95. The molecule has 0 saturated carbocycles. The molecule has 4 heteroatoms. The molecule has 3 rings (SSSR count). The average Bonchev–Trinajstić information content (AvgIpc) is 2.65. The van der Waals surface area contributed by atoms with Crippen LogP contribution in [0.2, 0.25) is 0 Å². The molecule has 0 spiro atoms. The number of fused-ring (bicyclic) bond motifs is 1. The van der Waals surface area contributed by atoms with Crippen LogP contribution in [0.3, 0.4) is 0 Å². The summed E-state index contributed by atoms with van der Waals surface area (Å²) in [4.78, 5) is 26.0. The van der Waals surface area contributed by atoms with Crippen molar-refractivity contribution < 1.29 is 9.59 Å². The Hall–Kier alpha value is -1.61. The van der Waals surface area contributed by atoms with Crippen LogP contribution in [0, 0.1) is 11.8 Å². The van der Waals surface area contributed by atoms with Crippen LogP contribution in [0.5, 0.6) is 0 Å². The summed E-state index contributed by atoms with van der Waals surface area (Å²) in [6, 6.07) is 9.58. The number of hydrogen-bond acceptors (Lipinski definition) is 2. The van der Waals surface area contributed by atoms with Gasteiger partial charge in [0.15, 0.2) is 0 Å². The lowest BCUT2D eigenvalue weighted by Gasteiger charge is -2.17. The van der Waals surface area contributed by atoms with Gasteiger partial charge in [0, 0.05) is 5.03 Å². The molecule has 3 nitrogen and oxygen atoms in total. The molecular formula is C15H14ClNO2. The standard InChI is InChI=1S/C15H14ClNO2/c16-11-6-7-12-13(8-11)15(19)17(14(12)18)9-10-4-2-1-3-5-10/h1-6,12-13H,7-9H2/t12-,13-/m1/s1. The van der Waals surface area contributed by atoms with E-state index in [1.165, 1.54) is 4.90 Å². The van der Waals surface area contributed by atoms with Crippen molar-refractivity contribution in [1.82, 2.24) is 4.90 Å². The molecule has 0 radical (unpaired) electrons. The minimum Gasteiger partial charge on any atom is -0.278 e. The molecule has 0 N–H and O–H groups in total. The zero-order chi connectivity index (χ0) is 13.4. The molecule has 1 aromatic rings. The molecule has 1 saturated heterocycles. The molecule has 1 fully saturated rings. The topological polar surface area (TPSA) is 37.4 Å². The van der Waals surface area contributed by atoms with E-state index in [0.29, 0.717) is 24.4 Å². The van der Waals surface area contributed by atoms with Gasteiger partial charge in [-0.05, 0) is 18.4 Å². The van der Waals surface area contributed by atoms with E-state index in [-0.39, 0.29) is 23.7 Å². The van der Waals surface area contributed by atoms with Crippen LogP contribution in [-0.2, 0) is 16.1 Å². The number of nitrogens with zero attached hydrogens (tertiary/aromatic N) is 1. The maximum absolute atomic E-state index is 12.3. The summed E-state index contributed by atoms with van der Waals surface area (Å²) in [5.74, 6) is -0.600. The van der Waals surface area contributed by atoms with Gasteiger partial charge in [-0.25, -0.2) is 0 Å². The first-order valence-corrected chi connectivity index (χ1v) is 6.78. The second-order valence-corrected chi connectivity index (χ2v) is 5.54. The Kier molecular flexibility index (Phi) is 3.15. The maximum atomic E-state index is 12.3. The summed E-state index contributed by atoms with van der Waals surface area (Å²) < 4.78 is 0. The van der Waals surface area contributed by atoms with Crippen LogP contribution in [0.25, 0.3) is 0 Å². The molecule has 0 aromatic heterocycles. The van der Waals surface area contributed by atoms with Crippen molar-refractivity contribution in [3.8, 4) is 0 Å². The molecule has 0 bridgehead atoms. The van der Waals surface area contributed by atoms with Gasteiger partial charge in [-0.3, -0.25) is 14.5 Å². The second kappa shape index (κ2) is 4.82. The highest BCUT2D eigenvalue weighted by atomic mass is 35.5. The monoisotopic (exact) mass is 275 g/mol. The molecule has 0 unspecified atom stereocenters. The lowest BCUT2D eigenvalue weighted by molar-refractivity contribution is -0.140. The number of allylic oxidation sites excluding steroid dienone is 2. The molecule has 19 heavy (non-hydrogen) atoms. The zero-order valence-electron chi connectivity index (χ0n) is 10.4. The highest BCUT2D eigenvalue weighted by Crippen LogP contribution is 2.39. The average molecular weight is 276 g/mol. The number of imide groups is 1. The Morgan fingerprint density at radius 2 is 1.79 bits per heavy atom. The molecule has 1 heterocycles. The number of carbonyl (C=O) groups excluding carboxylic acids is 2. The Morgan fingerprint density at radius 1 is 1.11 bits per heavy atom. The molecule has 1 aliphatic carbocycles. The summed E-state index contributed by atoms with van der Waals surface area (Å²) in [7, 11) is 0. The van der Waals surface area contributed by atoms with Gasteiger partial charge >= 0.3 is 0 Å². The molecule has 1 aliphatic heterocycles. The van der Waals surface area contributed by atoms with E-state index in [4.69, 9.17) is 11.6 Å². The van der Waals surface area contributed by atoms with Crippen molar-refractivity contribution in [1.29, 1.82) is 0 Å². The number of benzene rings is 1. The highest BCUT2D eigenvalue weighted by molar-refractivity contribution is 6.30. The largest absolute Gasteiger partial charge is 0.278 e. The fraction of sp³-hybridized carbons (Fsp3) is 0.333. The first-order chi connectivity index (χ1) is 9.16. The minimum atomic E-state index is -0.256. The third-order valence-electron chi connectivity index (χ3n) is 3.84. The molecule has 2 atom stereocenters. The van der Waals surface area contributed by atoms with E-state index in [1.807, 2.05) is 36.4 Å². The number of hydrogen-bond donors (Lipinski definition) is 0. The van der Waals surface area contributed by atoms with Crippen molar-refractivity contribution in [2.24, 2.45) is 11.8 Å². The van der Waals surface area contributed by atoms with E-state index >= 15 is 0 Å². The third-order valence-corrected chi connectivity index (χ3v) is 4.15. The van der Waals surface area contributed by atoms with Crippen molar-refractivity contribution >= 4 is 23.4 Å². The van der Waals surface area contributed by atoms with Gasteiger partial charge in [-0.15, -0.1) is 0 Å². The first-order valence-electron chi connectivity index (χ1n) is 6.40. The van der Waals surface area contributed by atoms with Gasteiger partial charge in [-0.1, -0.05) is 48.0 Å². The van der Waals surface area contributed by atoms with Crippen LogP contribution in [0.1, 0.15) is 18.4 Å². The Balaban J connectivity index is 1.82. The van der Waals surface area contributed by atoms with Gasteiger partial charge in [-0.2, -0.15) is 0 Å². The number of amides is 2. The van der Waals surface area contributed by atoms with E-state index in [1.54, 1.807) is 0 Å². The Bertz CT molecular complexity index is 553. The van der Waals surface area contributed by atoms with Crippen LogP contribution >= 0.6 is 11.6 Å². The molecule has 98 valence electrons. The fourth-order valence-electron chi connectivity index (χ4n) is 2.82. The second-order valence-electron chi connectivity index (χ2n) is 5.05. The first kappa shape index (κ1) is 12.4. The van der Waals surface area contributed by atoms with E-state index in [2.05, 4.69) is 0 Å². The van der Waals surface area contributed by atoms with Crippen molar-refractivity contribution in [3.63, 3.8) is 0 Å².